The van der Waals surface area contributed by atoms with E-state index >= 15 is 0 Å². The Morgan fingerprint density at radius 3 is 2.53 bits per heavy atom. The van der Waals surface area contributed by atoms with Crippen LogP contribution in [-0.2, 0) is 0 Å². The molecule has 3 heteroatoms. The number of hydrogen-bond acceptors (Lipinski definition) is 2. The molecule has 0 aliphatic rings. The van der Waals surface area contributed by atoms with E-state index in [1.807, 2.05) is 37.4 Å². The summed E-state index contributed by atoms with van der Waals surface area (Å²) >= 11 is 0. The van der Waals surface area contributed by atoms with Crippen molar-refractivity contribution in [2.24, 2.45) is 5.92 Å². The maximum absolute atomic E-state index is 11.6. The summed E-state index contributed by atoms with van der Waals surface area (Å²) in [6.07, 6.45) is 0. The predicted octanol–water partition coefficient (Wildman–Crippen LogP) is 1.27. The molecule has 82 valence electrons. The second kappa shape index (κ2) is 6.19. The zero-order chi connectivity index (χ0) is 11.1. The molecule has 1 amide bonds. The van der Waals surface area contributed by atoms with Gasteiger partial charge in [0.2, 0.25) is 0 Å². The Morgan fingerprint density at radius 2 is 1.93 bits per heavy atom. The van der Waals surface area contributed by atoms with Crippen LogP contribution in [0.4, 0.5) is 0 Å². The van der Waals surface area contributed by atoms with Crippen LogP contribution < -0.4 is 10.6 Å². The second-order valence-electron chi connectivity index (χ2n) is 3.74. The lowest BCUT2D eigenvalue weighted by Gasteiger charge is -2.11. The van der Waals surface area contributed by atoms with Gasteiger partial charge in [-0.05, 0) is 31.6 Å². The molecule has 0 heterocycles. The van der Waals surface area contributed by atoms with Crippen LogP contribution in [0.1, 0.15) is 17.3 Å². The number of nitrogens with one attached hydrogen (secondary N) is 2. The number of rotatable bonds is 5. The van der Waals surface area contributed by atoms with Crippen LogP contribution >= 0.6 is 0 Å². The Morgan fingerprint density at radius 1 is 1.27 bits per heavy atom. The molecule has 1 aromatic carbocycles. The molecule has 0 saturated heterocycles. The van der Waals surface area contributed by atoms with Gasteiger partial charge in [-0.25, -0.2) is 0 Å². The Kier molecular flexibility index (Phi) is 4.84. The Bertz CT molecular complexity index is 298. The van der Waals surface area contributed by atoms with E-state index in [1.165, 1.54) is 0 Å². The van der Waals surface area contributed by atoms with Gasteiger partial charge in [0.15, 0.2) is 0 Å². The lowest BCUT2D eigenvalue weighted by molar-refractivity contribution is 0.0948. The van der Waals surface area contributed by atoms with Gasteiger partial charge in [0.25, 0.3) is 5.91 Å². The standard InChI is InChI=1S/C12H18N2O/c1-10(8-13-2)9-14-12(15)11-6-4-3-5-7-11/h3-7,10,13H,8-9H2,1-2H3,(H,14,15). The molecule has 1 atom stereocenters. The van der Waals surface area contributed by atoms with Crippen molar-refractivity contribution < 1.29 is 4.79 Å². The highest BCUT2D eigenvalue weighted by atomic mass is 16.1. The largest absolute Gasteiger partial charge is 0.352 e. The smallest absolute Gasteiger partial charge is 0.251 e. The molecule has 1 aromatic rings. The predicted molar refractivity (Wildman–Crippen MR) is 61.9 cm³/mol. The molecular weight excluding hydrogens is 188 g/mol. The Labute approximate surface area is 90.9 Å². The van der Waals surface area contributed by atoms with Crippen molar-refractivity contribution in [2.75, 3.05) is 20.1 Å². The monoisotopic (exact) mass is 206 g/mol. The van der Waals surface area contributed by atoms with Crippen molar-refractivity contribution in [3.05, 3.63) is 35.9 Å². The van der Waals surface area contributed by atoms with Crippen molar-refractivity contribution >= 4 is 5.91 Å². The molecule has 3 nitrogen and oxygen atoms in total. The molecule has 0 aliphatic heterocycles. The third kappa shape index (κ3) is 4.13. The number of amides is 1. The molecular formula is C12H18N2O. The minimum absolute atomic E-state index is 0.00134. The highest BCUT2D eigenvalue weighted by Gasteiger charge is 2.06. The topological polar surface area (TPSA) is 41.1 Å². The maximum Gasteiger partial charge on any atom is 0.251 e. The van der Waals surface area contributed by atoms with E-state index < -0.39 is 0 Å². The molecule has 0 saturated carbocycles. The van der Waals surface area contributed by atoms with Crippen LogP contribution in [0.15, 0.2) is 30.3 Å². The van der Waals surface area contributed by atoms with Crippen molar-refractivity contribution in [1.82, 2.24) is 10.6 Å². The summed E-state index contributed by atoms with van der Waals surface area (Å²) in [6.45, 7) is 3.71. The van der Waals surface area contributed by atoms with Crippen LogP contribution in [0.5, 0.6) is 0 Å². The minimum Gasteiger partial charge on any atom is -0.352 e. The quantitative estimate of drug-likeness (QED) is 0.761. The zero-order valence-corrected chi connectivity index (χ0v) is 9.29. The molecule has 1 rings (SSSR count). The van der Waals surface area contributed by atoms with Gasteiger partial charge in [-0.3, -0.25) is 4.79 Å². The number of carbonyl (C=O) groups is 1. The Hall–Kier alpha value is -1.35. The summed E-state index contributed by atoms with van der Waals surface area (Å²) in [4.78, 5) is 11.6. The molecule has 0 radical (unpaired) electrons. The highest BCUT2D eigenvalue weighted by molar-refractivity contribution is 5.94. The average molecular weight is 206 g/mol. The lowest BCUT2D eigenvalue weighted by atomic mass is 10.1. The zero-order valence-electron chi connectivity index (χ0n) is 9.29. The van der Waals surface area contributed by atoms with Crippen LogP contribution in [0.2, 0.25) is 0 Å². The van der Waals surface area contributed by atoms with Crippen molar-refractivity contribution in [3.8, 4) is 0 Å². The fraction of sp³-hybridized carbons (Fsp3) is 0.417. The van der Waals surface area contributed by atoms with Crippen LogP contribution in [-0.4, -0.2) is 26.0 Å². The van der Waals surface area contributed by atoms with Gasteiger partial charge in [0.05, 0.1) is 0 Å². The SMILES string of the molecule is CNCC(C)CNC(=O)c1ccccc1. The minimum atomic E-state index is -0.00134. The van der Waals surface area contributed by atoms with Crippen molar-refractivity contribution in [3.63, 3.8) is 0 Å². The summed E-state index contributed by atoms with van der Waals surface area (Å²) in [6, 6.07) is 9.27. The van der Waals surface area contributed by atoms with E-state index in [9.17, 15) is 4.79 Å². The lowest BCUT2D eigenvalue weighted by Crippen LogP contribution is -2.32. The molecule has 0 aromatic heterocycles. The summed E-state index contributed by atoms with van der Waals surface area (Å²) in [5.74, 6) is 0.446. The van der Waals surface area contributed by atoms with Gasteiger partial charge in [0.1, 0.15) is 0 Å². The van der Waals surface area contributed by atoms with Gasteiger partial charge in [-0.2, -0.15) is 0 Å². The first-order chi connectivity index (χ1) is 7.24. The average Bonchev–Trinajstić information content (AvgIpc) is 2.27. The number of hydrogen-bond donors (Lipinski definition) is 2. The molecule has 0 fully saturated rings. The van der Waals surface area contributed by atoms with Crippen LogP contribution in [0.3, 0.4) is 0 Å². The van der Waals surface area contributed by atoms with Gasteiger partial charge in [-0.15, -0.1) is 0 Å². The molecule has 15 heavy (non-hydrogen) atoms. The van der Waals surface area contributed by atoms with E-state index in [4.69, 9.17) is 0 Å². The summed E-state index contributed by atoms with van der Waals surface area (Å²) < 4.78 is 0. The second-order valence-corrected chi connectivity index (χ2v) is 3.74. The first-order valence-corrected chi connectivity index (χ1v) is 5.22. The maximum atomic E-state index is 11.6. The van der Waals surface area contributed by atoms with Crippen LogP contribution in [0.25, 0.3) is 0 Å². The fourth-order valence-corrected chi connectivity index (χ4v) is 1.38. The van der Waals surface area contributed by atoms with Gasteiger partial charge < -0.3 is 10.6 Å². The fourth-order valence-electron chi connectivity index (χ4n) is 1.38. The van der Waals surface area contributed by atoms with E-state index in [2.05, 4.69) is 17.6 Å². The summed E-state index contributed by atoms with van der Waals surface area (Å²) in [5.41, 5.74) is 0.717. The van der Waals surface area contributed by atoms with Crippen molar-refractivity contribution in [2.45, 2.75) is 6.92 Å². The summed E-state index contributed by atoms with van der Waals surface area (Å²) in [5, 5.41) is 5.98. The third-order valence-electron chi connectivity index (χ3n) is 2.20. The van der Waals surface area contributed by atoms with E-state index in [0.717, 1.165) is 6.54 Å². The Balaban J connectivity index is 2.37. The molecule has 0 bridgehead atoms. The molecule has 0 spiro atoms. The third-order valence-corrected chi connectivity index (χ3v) is 2.20. The molecule has 0 aliphatic carbocycles. The molecule has 1 unspecified atom stereocenters. The summed E-state index contributed by atoms with van der Waals surface area (Å²) in [7, 11) is 1.91. The number of carbonyl (C=O) groups excluding carboxylic acids is 1. The van der Waals surface area contributed by atoms with Crippen molar-refractivity contribution in [1.29, 1.82) is 0 Å². The van der Waals surface area contributed by atoms with Gasteiger partial charge in [-0.1, -0.05) is 25.1 Å². The van der Waals surface area contributed by atoms with E-state index in [1.54, 1.807) is 0 Å². The first kappa shape index (κ1) is 11.7. The van der Waals surface area contributed by atoms with Gasteiger partial charge >= 0.3 is 0 Å². The van der Waals surface area contributed by atoms with E-state index in [-0.39, 0.29) is 5.91 Å². The first-order valence-electron chi connectivity index (χ1n) is 5.22. The molecule has 2 N–H and O–H groups in total. The number of benzene rings is 1. The van der Waals surface area contributed by atoms with E-state index in [0.29, 0.717) is 18.0 Å². The normalized spacial score (nSPS) is 12.1. The van der Waals surface area contributed by atoms with Gasteiger partial charge in [0, 0.05) is 12.1 Å². The highest BCUT2D eigenvalue weighted by Crippen LogP contribution is 1.98. The van der Waals surface area contributed by atoms with Crippen LogP contribution in [0, 0.1) is 5.92 Å².